The highest BCUT2D eigenvalue weighted by atomic mass is 35.5. The summed E-state index contributed by atoms with van der Waals surface area (Å²) in [5, 5.41) is 0.333. The molecule has 0 fully saturated rings. The first-order valence-corrected chi connectivity index (χ1v) is 10.4. The Balaban J connectivity index is 2.36. The van der Waals surface area contributed by atoms with Gasteiger partial charge in [-0.25, -0.2) is 0 Å². The van der Waals surface area contributed by atoms with Crippen LogP contribution in [0.15, 0.2) is 34.9 Å². The average molecular weight is 381 g/mol. The molecule has 0 saturated heterocycles. The second-order valence-corrected chi connectivity index (χ2v) is 7.12. The lowest BCUT2D eigenvalue weighted by Gasteiger charge is -2.05. The van der Waals surface area contributed by atoms with Crippen molar-refractivity contribution in [3.8, 4) is 0 Å². The lowest BCUT2D eigenvalue weighted by Crippen LogP contribution is -2.03. The number of unbranched alkanes of at least 4 members (excludes halogenated alkanes) is 7. The van der Waals surface area contributed by atoms with Gasteiger partial charge < -0.3 is 4.74 Å². The van der Waals surface area contributed by atoms with Crippen LogP contribution < -0.4 is 0 Å². The maximum Gasteiger partial charge on any atom is 0.305 e. The normalized spacial score (nSPS) is 18.7. The fourth-order valence-corrected chi connectivity index (χ4v) is 3.26. The zero-order chi connectivity index (χ0) is 19.2. The minimum Gasteiger partial charge on any atom is -0.466 e. The first-order valence-electron chi connectivity index (χ1n) is 10.0. The van der Waals surface area contributed by atoms with Crippen molar-refractivity contribution in [2.75, 3.05) is 6.61 Å². The van der Waals surface area contributed by atoms with E-state index in [2.05, 4.69) is 19.1 Å². The van der Waals surface area contributed by atoms with Gasteiger partial charge in [0.15, 0.2) is 0 Å². The highest BCUT2D eigenvalue weighted by molar-refractivity contribution is 6.46. The molecule has 0 aromatic rings. The molecule has 0 unspecified atom stereocenters. The number of carbonyl (C=O) groups is 2. The van der Waals surface area contributed by atoms with Gasteiger partial charge in [0.1, 0.15) is 0 Å². The Morgan fingerprint density at radius 1 is 1.12 bits per heavy atom. The summed E-state index contributed by atoms with van der Waals surface area (Å²) in [6, 6.07) is 0. The van der Waals surface area contributed by atoms with E-state index in [4.69, 9.17) is 16.3 Å². The first kappa shape index (κ1) is 22.7. The quantitative estimate of drug-likeness (QED) is 0.163. The van der Waals surface area contributed by atoms with Gasteiger partial charge in [-0.3, -0.25) is 9.59 Å². The maximum absolute atomic E-state index is 12.2. The third-order valence-corrected chi connectivity index (χ3v) is 4.78. The van der Waals surface area contributed by atoms with Gasteiger partial charge in [0.05, 0.1) is 11.6 Å². The van der Waals surface area contributed by atoms with Crippen molar-refractivity contribution in [3.05, 3.63) is 34.9 Å². The summed E-state index contributed by atoms with van der Waals surface area (Å²) in [6.07, 6.45) is 18.2. The molecule has 0 radical (unpaired) electrons. The van der Waals surface area contributed by atoms with E-state index in [1.165, 1.54) is 25.7 Å². The summed E-state index contributed by atoms with van der Waals surface area (Å²) >= 11 is 6.05. The fraction of sp³-hybridized carbons (Fsp3) is 0.636. The molecule has 1 rings (SSSR count). The standard InChI is InChI=1S/C22H33ClO3/c1-3-5-6-7-8-11-14-18-17-20(23)22(25)19(18)15-12-9-10-13-16-21(24)26-4-2/h11,14-15,17-18H,3-10,12-13,16H2,1-2H3/b14-11+,19-15+/t18-/m0/s1. The predicted octanol–water partition coefficient (Wildman–Crippen LogP) is 6.27. The predicted molar refractivity (Wildman–Crippen MR) is 108 cm³/mol. The third kappa shape index (κ3) is 8.84. The van der Waals surface area contributed by atoms with Gasteiger partial charge in [0.25, 0.3) is 0 Å². The monoisotopic (exact) mass is 380 g/mol. The molecular weight excluding hydrogens is 348 g/mol. The van der Waals surface area contributed by atoms with Gasteiger partial charge in [-0.2, -0.15) is 0 Å². The Bertz CT molecular complexity index is 532. The van der Waals surface area contributed by atoms with Gasteiger partial charge >= 0.3 is 5.97 Å². The summed E-state index contributed by atoms with van der Waals surface area (Å²) in [7, 11) is 0. The van der Waals surface area contributed by atoms with Crippen LogP contribution in [0.3, 0.4) is 0 Å². The molecule has 1 aliphatic rings. The van der Waals surface area contributed by atoms with Crippen molar-refractivity contribution in [3.63, 3.8) is 0 Å². The van der Waals surface area contributed by atoms with E-state index in [-0.39, 0.29) is 17.7 Å². The Morgan fingerprint density at radius 2 is 1.85 bits per heavy atom. The number of allylic oxidation sites excluding steroid dienone is 6. The minimum atomic E-state index is -0.128. The van der Waals surface area contributed by atoms with E-state index in [0.717, 1.165) is 37.7 Å². The number of ether oxygens (including phenoxy) is 1. The first-order chi connectivity index (χ1) is 12.6. The van der Waals surface area contributed by atoms with E-state index >= 15 is 0 Å². The van der Waals surface area contributed by atoms with E-state index in [1.807, 2.05) is 19.1 Å². The van der Waals surface area contributed by atoms with Gasteiger partial charge in [0.2, 0.25) is 5.78 Å². The van der Waals surface area contributed by atoms with Crippen molar-refractivity contribution < 1.29 is 14.3 Å². The van der Waals surface area contributed by atoms with E-state index in [0.29, 0.717) is 18.1 Å². The molecule has 0 aliphatic heterocycles. The molecule has 0 aromatic heterocycles. The smallest absolute Gasteiger partial charge is 0.305 e. The second-order valence-electron chi connectivity index (χ2n) is 6.71. The fourth-order valence-electron chi connectivity index (χ4n) is 3.01. The molecule has 1 aliphatic carbocycles. The van der Waals surface area contributed by atoms with Crippen LogP contribution >= 0.6 is 11.6 Å². The average Bonchev–Trinajstić information content (AvgIpc) is 2.88. The van der Waals surface area contributed by atoms with Crippen molar-refractivity contribution in [1.82, 2.24) is 0 Å². The summed E-state index contributed by atoms with van der Waals surface area (Å²) < 4.78 is 4.91. The van der Waals surface area contributed by atoms with Crippen LogP contribution in [0.25, 0.3) is 0 Å². The molecule has 1 atom stereocenters. The number of rotatable bonds is 13. The summed E-state index contributed by atoms with van der Waals surface area (Å²) in [5.74, 6) is -0.156. The number of Topliss-reactive ketones (excluding diaryl/α,β-unsaturated/α-hetero) is 1. The summed E-state index contributed by atoms with van der Waals surface area (Å²) in [6.45, 7) is 4.47. The van der Waals surface area contributed by atoms with Crippen LogP contribution in [0.2, 0.25) is 0 Å². The molecule has 4 heteroatoms. The van der Waals surface area contributed by atoms with E-state index in [1.54, 1.807) is 0 Å². The number of hydrogen-bond acceptors (Lipinski definition) is 3. The van der Waals surface area contributed by atoms with Crippen LogP contribution in [-0.4, -0.2) is 18.4 Å². The van der Waals surface area contributed by atoms with E-state index < -0.39 is 0 Å². The number of halogens is 1. The topological polar surface area (TPSA) is 43.4 Å². The van der Waals surface area contributed by atoms with Gasteiger partial charge in [-0.1, -0.05) is 68.5 Å². The SMILES string of the molecule is CCCCCC/C=C/[C@H]1C=C(Cl)C(=O)/C1=C/CCCCCC(=O)OCC. The number of carbonyl (C=O) groups excluding carboxylic acids is 2. The Kier molecular flexibility index (Phi) is 12.0. The highest BCUT2D eigenvalue weighted by Gasteiger charge is 2.26. The molecule has 0 aromatic carbocycles. The lowest BCUT2D eigenvalue weighted by molar-refractivity contribution is -0.143. The zero-order valence-corrected chi connectivity index (χ0v) is 17.0. The summed E-state index contributed by atoms with van der Waals surface area (Å²) in [5.41, 5.74) is 0.796. The van der Waals surface area contributed by atoms with Crippen LogP contribution in [0.5, 0.6) is 0 Å². The molecule has 26 heavy (non-hydrogen) atoms. The van der Waals surface area contributed by atoms with Crippen molar-refractivity contribution >= 4 is 23.4 Å². The van der Waals surface area contributed by atoms with Gasteiger partial charge in [0, 0.05) is 17.9 Å². The number of hydrogen-bond donors (Lipinski definition) is 0. The molecule has 3 nitrogen and oxygen atoms in total. The van der Waals surface area contributed by atoms with Crippen molar-refractivity contribution in [1.29, 1.82) is 0 Å². The van der Waals surface area contributed by atoms with Crippen LogP contribution in [0.1, 0.15) is 78.1 Å². The van der Waals surface area contributed by atoms with Gasteiger partial charge in [-0.05, 0) is 39.0 Å². The number of esters is 1. The number of ketones is 1. The Labute approximate surface area is 163 Å². The minimum absolute atomic E-state index is 0.0145. The zero-order valence-electron chi connectivity index (χ0n) is 16.3. The maximum atomic E-state index is 12.2. The largest absolute Gasteiger partial charge is 0.466 e. The molecular formula is C22H33ClO3. The highest BCUT2D eigenvalue weighted by Crippen LogP contribution is 2.31. The van der Waals surface area contributed by atoms with Crippen molar-refractivity contribution in [2.45, 2.75) is 78.1 Å². The molecule has 0 amide bonds. The summed E-state index contributed by atoms with van der Waals surface area (Å²) in [4.78, 5) is 23.5. The van der Waals surface area contributed by atoms with E-state index in [9.17, 15) is 9.59 Å². The Hall–Kier alpha value is -1.35. The third-order valence-electron chi connectivity index (χ3n) is 4.49. The molecule has 0 N–H and O–H groups in total. The lowest BCUT2D eigenvalue weighted by atomic mass is 9.98. The molecule has 0 spiro atoms. The van der Waals surface area contributed by atoms with Crippen LogP contribution in [0, 0.1) is 5.92 Å². The molecule has 0 saturated carbocycles. The second kappa shape index (κ2) is 13.8. The van der Waals surface area contributed by atoms with Crippen molar-refractivity contribution in [2.24, 2.45) is 5.92 Å². The molecule has 0 heterocycles. The molecule has 146 valence electrons. The van der Waals surface area contributed by atoms with Crippen LogP contribution in [-0.2, 0) is 14.3 Å². The molecule has 0 bridgehead atoms. The van der Waals surface area contributed by atoms with Crippen LogP contribution in [0.4, 0.5) is 0 Å². The van der Waals surface area contributed by atoms with Gasteiger partial charge in [-0.15, -0.1) is 0 Å². The Morgan fingerprint density at radius 3 is 2.58 bits per heavy atom.